The Morgan fingerprint density at radius 2 is 0.432 bits per heavy atom. The standard InChI is InChI=1S/C78H75N3/c1-73(2)46-76(7,8)67-40-61(58(37-64(67)73)52-28-31-70(79-43-52)49-22-16-13-17-23-49)55-34-56(62-41-68-65(74(3,4)47-77(68,9)10)38-59(62)53-29-32-71(80-44-53)50-24-18-14-19-25-50)36-57(35-55)63-42-69-66(75(5,6)48-78(69,11)12)39-60(63)54-30-33-72(81-45-54)51-26-20-15-21-27-51/h13-45H,46-48H2,1-12H3. The van der Waals surface area contributed by atoms with Crippen LogP contribution in [0.15, 0.2) is 201 Å². The van der Waals surface area contributed by atoms with Crippen LogP contribution >= 0.6 is 0 Å². The van der Waals surface area contributed by atoms with Gasteiger partial charge in [-0.25, -0.2) is 0 Å². The molecule has 3 nitrogen and oxygen atoms in total. The number of benzene rings is 7. The fourth-order valence-corrected chi connectivity index (χ4v) is 15.6. The molecule has 0 radical (unpaired) electrons. The summed E-state index contributed by atoms with van der Waals surface area (Å²) in [5, 5.41) is 0. The SMILES string of the molecule is CC1(C)CC(C)(C)c2cc(-c3cc(-c4cc5c(cc4-c4ccc(-c6ccccc6)nc4)C(C)(C)CC5(C)C)cc(-c4cc5c(cc4-c4ccc(-c6ccccc6)nc4)C(C)(C)CC5(C)C)c3)c(-c3ccc(-c4ccccc4)nc3)cc21. The van der Waals surface area contributed by atoms with Crippen molar-refractivity contribution in [3.05, 3.63) is 234 Å². The van der Waals surface area contributed by atoms with Crippen molar-refractivity contribution < 1.29 is 0 Å². The maximum Gasteiger partial charge on any atom is 0.0702 e. The monoisotopic (exact) mass is 1050 g/mol. The number of rotatable bonds is 9. The fraction of sp³-hybridized carbons (Fsp3) is 0.269. The third kappa shape index (κ3) is 9.18. The number of fused-ring (bicyclic) bond motifs is 3. The predicted molar refractivity (Wildman–Crippen MR) is 341 cm³/mol. The normalized spacial score (nSPS) is 17.3. The molecule has 0 amide bonds. The first-order valence-corrected chi connectivity index (χ1v) is 29.3. The van der Waals surface area contributed by atoms with Gasteiger partial charge >= 0.3 is 0 Å². The summed E-state index contributed by atoms with van der Waals surface area (Å²) in [5.41, 5.74) is 28.8. The molecule has 13 rings (SSSR count). The van der Waals surface area contributed by atoms with Gasteiger partial charge in [0.15, 0.2) is 0 Å². The van der Waals surface area contributed by atoms with Crippen LogP contribution in [0.1, 0.15) is 136 Å². The molecule has 0 saturated heterocycles. The third-order valence-electron chi connectivity index (χ3n) is 18.8. The van der Waals surface area contributed by atoms with Crippen molar-refractivity contribution in [2.45, 2.75) is 135 Å². The van der Waals surface area contributed by atoms with Crippen molar-refractivity contribution in [1.29, 1.82) is 0 Å². The van der Waals surface area contributed by atoms with E-state index in [1.165, 1.54) is 83.5 Å². The number of hydrogen-bond acceptors (Lipinski definition) is 3. The van der Waals surface area contributed by atoms with Gasteiger partial charge in [0.05, 0.1) is 17.1 Å². The van der Waals surface area contributed by atoms with Crippen molar-refractivity contribution in [1.82, 2.24) is 15.0 Å². The van der Waals surface area contributed by atoms with E-state index in [4.69, 9.17) is 15.0 Å². The number of aromatic nitrogens is 3. The van der Waals surface area contributed by atoms with Crippen molar-refractivity contribution in [2.24, 2.45) is 0 Å². The molecule has 3 aromatic heterocycles. The van der Waals surface area contributed by atoms with Crippen LogP contribution in [0.2, 0.25) is 0 Å². The summed E-state index contributed by atoms with van der Waals surface area (Å²) in [4.78, 5) is 15.6. The molecule has 3 heterocycles. The molecule has 3 aliphatic carbocycles. The van der Waals surface area contributed by atoms with Gasteiger partial charge in [0.1, 0.15) is 0 Å². The average molecular weight is 1050 g/mol. The van der Waals surface area contributed by atoms with Crippen molar-refractivity contribution in [3.8, 4) is 101 Å². The highest BCUT2D eigenvalue weighted by molar-refractivity contribution is 5.96. The topological polar surface area (TPSA) is 38.7 Å². The van der Waals surface area contributed by atoms with Gasteiger partial charge in [0, 0.05) is 52.0 Å². The Labute approximate surface area is 481 Å². The first kappa shape index (κ1) is 52.4. The van der Waals surface area contributed by atoms with Gasteiger partial charge in [-0.1, -0.05) is 192 Å². The van der Waals surface area contributed by atoms with Gasteiger partial charge in [-0.05, 0) is 208 Å². The van der Waals surface area contributed by atoms with Crippen LogP contribution in [0.5, 0.6) is 0 Å². The van der Waals surface area contributed by atoms with Crippen LogP contribution in [0.4, 0.5) is 0 Å². The molecule has 0 N–H and O–H groups in total. The van der Waals surface area contributed by atoms with E-state index < -0.39 is 0 Å². The first-order valence-electron chi connectivity index (χ1n) is 29.3. The molecule has 81 heavy (non-hydrogen) atoms. The number of nitrogens with zero attached hydrogens (tertiary/aromatic N) is 3. The van der Waals surface area contributed by atoms with Crippen LogP contribution in [0, 0.1) is 0 Å². The summed E-state index contributed by atoms with van der Waals surface area (Å²) in [7, 11) is 0. The van der Waals surface area contributed by atoms with E-state index in [0.29, 0.717) is 0 Å². The van der Waals surface area contributed by atoms with Gasteiger partial charge in [-0.3, -0.25) is 15.0 Å². The maximum absolute atomic E-state index is 5.20. The highest BCUT2D eigenvalue weighted by Crippen LogP contribution is 2.57. The van der Waals surface area contributed by atoms with E-state index in [1.54, 1.807) is 0 Å². The smallest absolute Gasteiger partial charge is 0.0702 e. The Morgan fingerprint density at radius 1 is 0.222 bits per heavy atom. The molecule has 0 fully saturated rings. The zero-order valence-corrected chi connectivity index (χ0v) is 49.5. The second-order valence-electron chi connectivity index (χ2n) is 27.9. The maximum atomic E-state index is 5.20. The molecule has 0 atom stereocenters. The molecule has 0 saturated carbocycles. The van der Waals surface area contributed by atoms with E-state index in [0.717, 1.165) is 69.7 Å². The number of hydrogen-bond donors (Lipinski definition) is 0. The largest absolute Gasteiger partial charge is 0.256 e. The molecule has 10 aromatic rings. The Morgan fingerprint density at radius 3 is 0.630 bits per heavy atom. The van der Waals surface area contributed by atoms with Crippen LogP contribution in [0.25, 0.3) is 101 Å². The van der Waals surface area contributed by atoms with Crippen LogP contribution < -0.4 is 0 Å². The highest BCUT2D eigenvalue weighted by Gasteiger charge is 2.45. The quantitative estimate of drug-likeness (QED) is 0.145. The van der Waals surface area contributed by atoms with Gasteiger partial charge in [-0.2, -0.15) is 0 Å². The third-order valence-corrected chi connectivity index (χ3v) is 18.8. The lowest BCUT2D eigenvalue weighted by atomic mass is 9.79. The minimum atomic E-state index is -0.0309. The van der Waals surface area contributed by atoms with Crippen molar-refractivity contribution in [3.63, 3.8) is 0 Å². The Bertz CT molecular complexity index is 3630. The van der Waals surface area contributed by atoms with E-state index in [-0.39, 0.29) is 32.5 Å². The van der Waals surface area contributed by atoms with E-state index in [1.807, 2.05) is 0 Å². The molecule has 3 heteroatoms. The second kappa shape index (κ2) is 18.8. The van der Waals surface area contributed by atoms with Crippen LogP contribution in [0.3, 0.4) is 0 Å². The van der Waals surface area contributed by atoms with Crippen molar-refractivity contribution >= 4 is 0 Å². The molecular weight excluding hydrogens is 979 g/mol. The summed E-state index contributed by atoms with van der Waals surface area (Å²) >= 11 is 0. The predicted octanol–water partition coefficient (Wildman–Crippen LogP) is 20.8. The van der Waals surface area contributed by atoms with Crippen molar-refractivity contribution in [2.75, 3.05) is 0 Å². The van der Waals surface area contributed by atoms with E-state index >= 15 is 0 Å². The molecule has 7 aromatic carbocycles. The lowest BCUT2D eigenvalue weighted by molar-refractivity contribution is 0.403. The van der Waals surface area contributed by atoms with Crippen LogP contribution in [-0.2, 0) is 32.5 Å². The lowest BCUT2D eigenvalue weighted by Gasteiger charge is -2.25. The molecule has 3 aliphatic rings. The first-order chi connectivity index (χ1) is 38.6. The van der Waals surface area contributed by atoms with Gasteiger partial charge in [0.25, 0.3) is 0 Å². The Kier molecular flexibility index (Phi) is 12.1. The summed E-state index contributed by atoms with van der Waals surface area (Å²) in [5.74, 6) is 0. The minimum Gasteiger partial charge on any atom is -0.256 e. The second-order valence-corrected chi connectivity index (χ2v) is 27.9. The summed E-state index contributed by atoms with van der Waals surface area (Å²) in [6.45, 7) is 29.2. The highest BCUT2D eigenvalue weighted by atomic mass is 14.7. The Hall–Kier alpha value is -8.01. The molecule has 0 bridgehead atoms. The summed E-state index contributed by atoms with van der Waals surface area (Å²) in [6.07, 6.45) is 9.52. The average Bonchev–Trinajstić information content (AvgIpc) is 3.45. The van der Waals surface area contributed by atoms with Gasteiger partial charge in [0.2, 0.25) is 0 Å². The molecule has 0 aliphatic heterocycles. The van der Waals surface area contributed by atoms with Gasteiger partial charge in [-0.15, -0.1) is 0 Å². The summed E-state index contributed by atoms with van der Waals surface area (Å²) in [6, 6.07) is 67.9. The fourth-order valence-electron chi connectivity index (χ4n) is 15.6. The van der Waals surface area contributed by atoms with E-state index in [2.05, 4.69) is 284 Å². The van der Waals surface area contributed by atoms with Gasteiger partial charge < -0.3 is 0 Å². The molecule has 0 spiro atoms. The van der Waals surface area contributed by atoms with E-state index in [9.17, 15) is 0 Å². The number of pyridine rings is 3. The summed E-state index contributed by atoms with van der Waals surface area (Å²) < 4.78 is 0. The van der Waals surface area contributed by atoms with Crippen LogP contribution in [-0.4, -0.2) is 15.0 Å². The lowest BCUT2D eigenvalue weighted by Crippen LogP contribution is -2.18. The molecule has 402 valence electrons. The molecular formula is C78H75N3. The molecule has 0 unspecified atom stereocenters. The Balaban J connectivity index is 1.11. The zero-order chi connectivity index (χ0) is 56.4. The zero-order valence-electron chi connectivity index (χ0n) is 49.5. The minimum absolute atomic E-state index is 0.00941.